The third-order valence-electron chi connectivity index (χ3n) is 5.20. The van der Waals surface area contributed by atoms with Gasteiger partial charge in [-0.1, -0.05) is 17.7 Å². The smallest absolute Gasteiger partial charge is 0.416 e. The Morgan fingerprint density at radius 3 is 2.58 bits per heavy atom. The van der Waals surface area contributed by atoms with E-state index in [9.17, 15) is 22.8 Å². The highest BCUT2D eigenvalue weighted by Gasteiger charge is 2.38. The van der Waals surface area contributed by atoms with Crippen LogP contribution in [0.3, 0.4) is 0 Å². The second-order valence-corrected chi connectivity index (χ2v) is 7.64. The van der Waals surface area contributed by atoms with E-state index in [1.807, 2.05) is 0 Å². The van der Waals surface area contributed by atoms with Gasteiger partial charge in [-0.3, -0.25) is 9.59 Å². The topological polar surface area (TPSA) is 65.7 Å². The lowest BCUT2D eigenvalue weighted by molar-refractivity contribution is -0.151. The fraction of sp³-hybridized carbons (Fsp3) is 0.273. The van der Waals surface area contributed by atoms with Crippen molar-refractivity contribution in [2.45, 2.75) is 25.1 Å². The van der Waals surface area contributed by atoms with Crippen molar-refractivity contribution in [1.82, 2.24) is 0 Å². The molecular formula is C22H16ClF3O5. The van der Waals surface area contributed by atoms with E-state index in [-0.39, 0.29) is 50.4 Å². The van der Waals surface area contributed by atoms with Crippen LogP contribution in [0.15, 0.2) is 51.7 Å². The molecule has 1 fully saturated rings. The molecule has 0 unspecified atom stereocenters. The molecule has 3 aromatic rings. The van der Waals surface area contributed by atoms with E-state index in [1.54, 1.807) is 18.2 Å². The molecule has 1 saturated carbocycles. The summed E-state index contributed by atoms with van der Waals surface area (Å²) in [5.74, 6) is -0.822. The Morgan fingerprint density at radius 2 is 1.90 bits per heavy atom. The number of esters is 1. The van der Waals surface area contributed by atoms with Crippen LogP contribution in [-0.4, -0.2) is 19.2 Å². The Morgan fingerprint density at radius 1 is 1.16 bits per heavy atom. The van der Waals surface area contributed by atoms with Crippen molar-refractivity contribution in [3.05, 3.63) is 63.3 Å². The number of hydrogen-bond acceptors (Lipinski definition) is 5. The second kappa shape index (κ2) is 7.92. The van der Waals surface area contributed by atoms with Crippen molar-refractivity contribution in [2.75, 3.05) is 7.11 Å². The fourth-order valence-electron chi connectivity index (χ4n) is 3.48. The van der Waals surface area contributed by atoms with Crippen LogP contribution in [0.5, 0.6) is 5.75 Å². The van der Waals surface area contributed by atoms with E-state index >= 15 is 0 Å². The lowest BCUT2D eigenvalue weighted by Crippen LogP contribution is -2.38. The van der Waals surface area contributed by atoms with Gasteiger partial charge in [-0.05, 0) is 43.2 Å². The number of halogens is 4. The maximum absolute atomic E-state index is 13.3. The second-order valence-electron chi connectivity index (χ2n) is 7.23. The third kappa shape index (κ3) is 4.12. The zero-order chi connectivity index (χ0) is 22.3. The van der Waals surface area contributed by atoms with Crippen molar-refractivity contribution in [3.8, 4) is 17.1 Å². The molecule has 0 saturated heterocycles. The molecule has 0 amide bonds. The number of rotatable bonds is 4. The molecule has 0 atom stereocenters. The maximum Gasteiger partial charge on any atom is 0.416 e. The summed E-state index contributed by atoms with van der Waals surface area (Å²) in [6.07, 6.45) is -4.42. The highest BCUT2D eigenvalue weighted by atomic mass is 35.5. The Kier molecular flexibility index (Phi) is 5.43. The number of para-hydroxylation sites is 1. The average Bonchev–Trinajstić information content (AvgIpc) is 2.69. The Hall–Kier alpha value is -3.00. The van der Waals surface area contributed by atoms with Crippen LogP contribution in [0.1, 0.15) is 18.4 Å². The SMILES string of the molecule is COC(=O)C1CC(Oc2cc(C(F)(F)F)ccc2-c2cc(=O)c3cccc(Cl)c3o2)C1. The summed E-state index contributed by atoms with van der Waals surface area (Å²) in [4.78, 5) is 24.1. The number of alkyl halides is 3. The first-order valence-electron chi connectivity index (χ1n) is 9.36. The molecule has 1 heterocycles. The van der Waals surface area contributed by atoms with Gasteiger partial charge in [-0.25, -0.2) is 0 Å². The molecule has 0 aliphatic heterocycles. The van der Waals surface area contributed by atoms with Gasteiger partial charge in [0.1, 0.15) is 17.6 Å². The summed E-state index contributed by atoms with van der Waals surface area (Å²) in [6.45, 7) is 0. The minimum atomic E-state index is -4.58. The summed E-state index contributed by atoms with van der Waals surface area (Å²) in [5, 5.41) is 0.455. The molecule has 1 aliphatic carbocycles. The average molecular weight is 453 g/mol. The van der Waals surface area contributed by atoms with Crippen LogP contribution in [0.2, 0.25) is 5.02 Å². The van der Waals surface area contributed by atoms with Crippen LogP contribution in [0.25, 0.3) is 22.3 Å². The number of benzene rings is 2. The van der Waals surface area contributed by atoms with Crippen LogP contribution in [0, 0.1) is 5.92 Å². The standard InChI is InChI=1S/C22H16ClF3O5/c1-29-21(28)11-7-13(8-11)30-18-9-12(22(24,25)26)5-6-15(18)19-10-17(27)14-3-2-4-16(23)20(14)31-19/h2-6,9-11,13H,7-8H2,1H3. The molecule has 0 bridgehead atoms. The number of carbonyl (C=O) groups excluding carboxylic acids is 1. The molecule has 31 heavy (non-hydrogen) atoms. The Balaban J connectivity index is 1.76. The minimum Gasteiger partial charge on any atom is -0.490 e. The van der Waals surface area contributed by atoms with Crippen LogP contribution in [-0.2, 0) is 15.7 Å². The lowest BCUT2D eigenvalue weighted by atomic mass is 9.82. The summed E-state index contributed by atoms with van der Waals surface area (Å²) in [6, 6.07) is 8.81. The monoisotopic (exact) mass is 452 g/mol. The van der Waals surface area contributed by atoms with Crippen LogP contribution in [0.4, 0.5) is 13.2 Å². The van der Waals surface area contributed by atoms with E-state index in [1.165, 1.54) is 19.2 Å². The molecule has 9 heteroatoms. The highest BCUT2D eigenvalue weighted by Crippen LogP contribution is 2.41. The van der Waals surface area contributed by atoms with Gasteiger partial charge in [-0.2, -0.15) is 13.2 Å². The van der Waals surface area contributed by atoms with Gasteiger partial charge in [0, 0.05) is 6.07 Å². The van der Waals surface area contributed by atoms with Crippen molar-refractivity contribution in [2.24, 2.45) is 5.92 Å². The zero-order valence-electron chi connectivity index (χ0n) is 16.2. The number of hydrogen-bond donors (Lipinski definition) is 0. The number of ether oxygens (including phenoxy) is 2. The van der Waals surface area contributed by atoms with Gasteiger partial charge in [0.15, 0.2) is 11.0 Å². The van der Waals surface area contributed by atoms with Crippen molar-refractivity contribution in [1.29, 1.82) is 0 Å². The van der Waals surface area contributed by atoms with Crippen molar-refractivity contribution < 1.29 is 31.9 Å². The van der Waals surface area contributed by atoms with E-state index in [4.69, 9.17) is 20.8 Å². The molecule has 5 nitrogen and oxygen atoms in total. The van der Waals surface area contributed by atoms with E-state index < -0.39 is 17.8 Å². The summed E-state index contributed by atoms with van der Waals surface area (Å²) < 4.78 is 56.0. The van der Waals surface area contributed by atoms with Gasteiger partial charge in [-0.15, -0.1) is 0 Å². The van der Waals surface area contributed by atoms with E-state index in [0.29, 0.717) is 12.8 Å². The minimum absolute atomic E-state index is 0.0261. The zero-order valence-corrected chi connectivity index (χ0v) is 16.9. The summed E-state index contributed by atoms with van der Waals surface area (Å²) in [7, 11) is 1.27. The fourth-order valence-corrected chi connectivity index (χ4v) is 3.69. The molecule has 162 valence electrons. The third-order valence-corrected chi connectivity index (χ3v) is 5.50. The van der Waals surface area contributed by atoms with Gasteiger partial charge in [0.05, 0.1) is 34.6 Å². The first-order valence-corrected chi connectivity index (χ1v) is 9.73. The molecule has 1 aromatic heterocycles. The maximum atomic E-state index is 13.3. The van der Waals surface area contributed by atoms with Crippen molar-refractivity contribution in [3.63, 3.8) is 0 Å². The quantitative estimate of drug-likeness (QED) is 0.492. The predicted octanol–water partition coefficient (Wildman–Crippen LogP) is 5.46. The van der Waals surface area contributed by atoms with Crippen LogP contribution >= 0.6 is 11.6 Å². The number of fused-ring (bicyclic) bond motifs is 1. The molecule has 2 aromatic carbocycles. The molecular weight excluding hydrogens is 437 g/mol. The van der Waals surface area contributed by atoms with Gasteiger partial charge >= 0.3 is 12.1 Å². The Labute approximate surface area is 179 Å². The highest BCUT2D eigenvalue weighted by molar-refractivity contribution is 6.34. The largest absolute Gasteiger partial charge is 0.490 e. The molecule has 0 N–H and O–H groups in total. The predicted molar refractivity (Wildman–Crippen MR) is 107 cm³/mol. The first-order chi connectivity index (χ1) is 14.7. The number of methoxy groups -OCH3 is 1. The number of carbonyl (C=O) groups is 1. The van der Waals surface area contributed by atoms with Gasteiger partial charge in [0.25, 0.3) is 0 Å². The Bertz CT molecular complexity index is 1210. The lowest BCUT2D eigenvalue weighted by Gasteiger charge is -2.34. The normalized spacial score (nSPS) is 18.5. The molecule has 0 radical (unpaired) electrons. The summed E-state index contributed by atoms with van der Waals surface area (Å²) >= 11 is 6.13. The van der Waals surface area contributed by atoms with Crippen molar-refractivity contribution >= 4 is 28.5 Å². The van der Waals surface area contributed by atoms with E-state index in [2.05, 4.69) is 4.74 Å². The molecule has 4 rings (SSSR count). The van der Waals surface area contributed by atoms with E-state index in [0.717, 1.165) is 12.1 Å². The summed E-state index contributed by atoms with van der Waals surface area (Å²) in [5.41, 5.74) is -0.990. The van der Waals surface area contributed by atoms with Gasteiger partial charge in [0.2, 0.25) is 0 Å². The molecule has 0 spiro atoms. The van der Waals surface area contributed by atoms with Gasteiger partial charge < -0.3 is 13.9 Å². The molecule has 1 aliphatic rings. The first kappa shape index (κ1) is 21.2. The van der Waals surface area contributed by atoms with Crippen LogP contribution < -0.4 is 10.2 Å².